The van der Waals surface area contributed by atoms with Crippen LogP contribution in [0.1, 0.15) is 68.8 Å². The molecule has 12 nitrogen and oxygen atoms in total. The second kappa shape index (κ2) is 22.3. The van der Waals surface area contributed by atoms with E-state index in [4.69, 9.17) is 37.9 Å². The third kappa shape index (κ3) is 11.4. The molecule has 1 atom stereocenters. The third-order valence-corrected chi connectivity index (χ3v) is 9.23. The van der Waals surface area contributed by atoms with Crippen molar-refractivity contribution >= 4 is 0 Å². The first-order valence-electron chi connectivity index (χ1n) is 17.7. The van der Waals surface area contributed by atoms with Gasteiger partial charge in [0.2, 0.25) is 0 Å². The maximum absolute atomic E-state index is 11.4. The minimum Gasteiger partial charge on any atom is -0.507 e. The summed E-state index contributed by atoms with van der Waals surface area (Å²) in [7, 11) is 12.4. The van der Waals surface area contributed by atoms with Crippen LogP contribution in [-0.4, -0.2) is 90.5 Å². The standard InChI is InChI=1S/C43H58O12/c1-26(11-31(19-49-4)40(44)27(2)18-48-3)38(28-12-32(20-50-5)41(45)33(13-28)21-51-6)39(29-14-34(22-52-7)42(46)35(15-29)23-53-8)30-16-36(24-54-9)43(47)37(17-30)25-55-10/h11-17,38-39,44-47H,2,18-25H2,1,3-10H3/b26-11+,40-31-. The summed E-state index contributed by atoms with van der Waals surface area (Å²) in [6.07, 6.45) is 1.87. The summed E-state index contributed by atoms with van der Waals surface area (Å²) in [6.45, 7) is 6.85. The van der Waals surface area contributed by atoms with Crippen LogP contribution in [0.5, 0.6) is 17.2 Å². The summed E-state index contributed by atoms with van der Waals surface area (Å²) >= 11 is 0. The summed E-state index contributed by atoms with van der Waals surface area (Å²) < 4.78 is 44.1. The van der Waals surface area contributed by atoms with Crippen LogP contribution in [0.2, 0.25) is 0 Å². The molecule has 302 valence electrons. The lowest BCUT2D eigenvalue weighted by Gasteiger charge is -2.33. The summed E-state index contributed by atoms with van der Waals surface area (Å²) in [5.41, 5.74) is 7.26. The molecule has 0 saturated carbocycles. The molecule has 0 aliphatic rings. The number of allylic oxidation sites excluding steroid dienone is 1. The van der Waals surface area contributed by atoms with Crippen molar-refractivity contribution in [3.8, 4) is 17.2 Å². The summed E-state index contributed by atoms with van der Waals surface area (Å²) in [4.78, 5) is 0. The van der Waals surface area contributed by atoms with Gasteiger partial charge < -0.3 is 58.3 Å². The highest BCUT2D eigenvalue weighted by atomic mass is 16.5. The fourth-order valence-corrected chi connectivity index (χ4v) is 6.96. The number of aliphatic hydroxyl groups is 1. The van der Waals surface area contributed by atoms with E-state index in [0.717, 1.165) is 22.3 Å². The van der Waals surface area contributed by atoms with Gasteiger partial charge in [-0.05, 0) is 60.0 Å². The molecule has 0 saturated heterocycles. The molecule has 0 aliphatic heterocycles. The van der Waals surface area contributed by atoms with E-state index in [2.05, 4.69) is 6.58 Å². The van der Waals surface area contributed by atoms with Gasteiger partial charge in [0, 0.05) is 113 Å². The van der Waals surface area contributed by atoms with E-state index >= 15 is 0 Å². The Morgan fingerprint density at radius 2 is 0.836 bits per heavy atom. The SMILES string of the molecule is C=C(COC)/C(O)=C(\C=C(/C)C(c1cc(COC)c(O)c(COC)c1)C(c1cc(COC)c(O)c(COC)c1)c1cc(COC)c(O)c(COC)c1)COC. The van der Waals surface area contributed by atoms with Gasteiger partial charge in [-0.15, -0.1) is 0 Å². The molecule has 0 fully saturated rings. The molecule has 3 aromatic rings. The number of rotatable bonds is 23. The molecule has 55 heavy (non-hydrogen) atoms. The number of ether oxygens (including phenoxy) is 8. The maximum atomic E-state index is 11.4. The van der Waals surface area contributed by atoms with E-state index < -0.39 is 11.8 Å². The zero-order valence-corrected chi connectivity index (χ0v) is 33.6. The lowest BCUT2D eigenvalue weighted by atomic mass is 9.71. The van der Waals surface area contributed by atoms with Crippen LogP contribution in [0.25, 0.3) is 0 Å². The van der Waals surface area contributed by atoms with Gasteiger partial charge in [0.25, 0.3) is 0 Å². The van der Waals surface area contributed by atoms with Crippen LogP contribution in [0, 0.1) is 0 Å². The first-order valence-corrected chi connectivity index (χ1v) is 17.7. The molecule has 4 N–H and O–H groups in total. The first-order chi connectivity index (χ1) is 26.4. The Labute approximate surface area is 325 Å². The minimum atomic E-state index is -0.557. The van der Waals surface area contributed by atoms with Crippen molar-refractivity contribution in [2.24, 2.45) is 0 Å². The number of hydrogen-bond donors (Lipinski definition) is 4. The molecule has 3 rings (SSSR count). The predicted octanol–water partition coefficient (Wildman–Crippen LogP) is 7.20. The van der Waals surface area contributed by atoms with Gasteiger partial charge in [0.15, 0.2) is 0 Å². The van der Waals surface area contributed by atoms with Gasteiger partial charge in [0.05, 0.1) is 52.9 Å². The zero-order chi connectivity index (χ0) is 40.7. The van der Waals surface area contributed by atoms with Crippen LogP contribution in [0.15, 0.2) is 71.5 Å². The van der Waals surface area contributed by atoms with Crippen molar-refractivity contribution in [2.75, 3.05) is 70.1 Å². The predicted molar refractivity (Wildman–Crippen MR) is 209 cm³/mol. The van der Waals surface area contributed by atoms with E-state index in [1.54, 1.807) is 49.8 Å². The van der Waals surface area contributed by atoms with Gasteiger partial charge in [-0.3, -0.25) is 0 Å². The molecule has 0 aliphatic carbocycles. The molecular formula is C43H58O12. The Kier molecular flexibility index (Phi) is 18.3. The Hall–Kier alpha value is -4.24. The van der Waals surface area contributed by atoms with Gasteiger partial charge in [-0.1, -0.05) is 18.2 Å². The molecule has 1 unspecified atom stereocenters. The molecule has 12 heteroatoms. The molecule has 0 amide bonds. The number of methoxy groups -OCH3 is 8. The number of benzene rings is 3. The Bertz CT molecular complexity index is 1650. The summed E-state index contributed by atoms with van der Waals surface area (Å²) in [6, 6.07) is 11.4. The maximum Gasteiger partial charge on any atom is 0.126 e. The van der Waals surface area contributed by atoms with E-state index in [0.29, 0.717) is 44.5 Å². The Morgan fingerprint density at radius 3 is 1.13 bits per heavy atom. The average Bonchev–Trinajstić information content (AvgIpc) is 3.15. The van der Waals surface area contributed by atoms with E-state index in [1.165, 1.54) is 7.11 Å². The fourth-order valence-electron chi connectivity index (χ4n) is 6.96. The number of phenols is 3. The van der Waals surface area contributed by atoms with E-state index in [-0.39, 0.29) is 75.9 Å². The van der Waals surface area contributed by atoms with Gasteiger partial charge in [-0.25, -0.2) is 0 Å². The normalized spacial score (nSPS) is 13.0. The molecule has 0 heterocycles. The van der Waals surface area contributed by atoms with Crippen molar-refractivity contribution in [3.05, 3.63) is 122 Å². The summed E-state index contributed by atoms with van der Waals surface area (Å²) in [5, 5.41) is 45.5. The summed E-state index contributed by atoms with van der Waals surface area (Å²) in [5.74, 6) is -0.995. The highest BCUT2D eigenvalue weighted by molar-refractivity contribution is 5.55. The monoisotopic (exact) mass is 766 g/mol. The molecule has 0 aromatic heterocycles. The fraction of sp³-hybridized carbons (Fsp3) is 0.442. The number of hydrogen-bond acceptors (Lipinski definition) is 12. The zero-order valence-electron chi connectivity index (χ0n) is 33.6. The van der Waals surface area contributed by atoms with Crippen molar-refractivity contribution in [2.45, 2.75) is 58.4 Å². The Morgan fingerprint density at radius 1 is 0.527 bits per heavy atom. The lowest BCUT2D eigenvalue weighted by Crippen LogP contribution is -2.18. The number of aliphatic hydroxyl groups excluding tert-OH is 1. The molecule has 0 spiro atoms. The van der Waals surface area contributed by atoms with E-state index in [1.807, 2.05) is 49.4 Å². The smallest absolute Gasteiger partial charge is 0.126 e. The Balaban J connectivity index is 2.67. The topological polar surface area (TPSA) is 155 Å². The van der Waals surface area contributed by atoms with Crippen LogP contribution in [0.3, 0.4) is 0 Å². The van der Waals surface area contributed by atoms with Crippen molar-refractivity contribution in [3.63, 3.8) is 0 Å². The van der Waals surface area contributed by atoms with Gasteiger partial charge >= 0.3 is 0 Å². The average molecular weight is 767 g/mol. The van der Waals surface area contributed by atoms with E-state index in [9.17, 15) is 20.4 Å². The second-order valence-corrected chi connectivity index (χ2v) is 13.3. The van der Waals surface area contributed by atoms with Crippen molar-refractivity contribution < 1.29 is 58.3 Å². The molecular weight excluding hydrogens is 708 g/mol. The number of aromatic hydroxyl groups is 3. The van der Waals surface area contributed by atoms with Crippen molar-refractivity contribution in [1.82, 2.24) is 0 Å². The molecule has 0 radical (unpaired) electrons. The third-order valence-electron chi connectivity index (χ3n) is 9.23. The van der Waals surface area contributed by atoms with Gasteiger partial charge in [-0.2, -0.15) is 0 Å². The number of phenolic OH excluding ortho intramolecular Hbond substituents is 3. The second-order valence-electron chi connectivity index (χ2n) is 13.3. The van der Waals surface area contributed by atoms with Crippen molar-refractivity contribution in [1.29, 1.82) is 0 Å². The van der Waals surface area contributed by atoms with Crippen LogP contribution >= 0.6 is 0 Å². The van der Waals surface area contributed by atoms with Gasteiger partial charge in [0.1, 0.15) is 23.0 Å². The minimum absolute atomic E-state index is 0.0571. The highest BCUT2D eigenvalue weighted by Gasteiger charge is 2.32. The molecule has 3 aromatic carbocycles. The highest BCUT2D eigenvalue weighted by Crippen LogP contribution is 2.48. The lowest BCUT2D eigenvalue weighted by molar-refractivity contribution is 0.174. The first kappa shape index (κ1) is 45.2. The van der Waals surface area contributed by atoms with Crippen LogP contribution in [-0.2, 0) is 77.5 Å². The molecule has 0 bridgehead atoms. The van der Waals surface area contributed by atoms with Crippen LogP contribution < -0.4 is 0 Å². The van der Waals surface area contributed by atoms with Crippen LogP contribution in [0.4, 0.5) is 0 Å². The largest absolute Gasteiger partial charge is 0.507 e. The quantitative estimate of drug-likeness (QED) is 0.0570.